The summed E-state index contributed by atoms with van der Waals surface area (Å²) in [7, 11) is 0. The molecular formula is C21H19NO3S2. The zero-order valence-corrected chi connectivity index (χ0v) is 16.4. The number of carbonyl (C=O) groups is 2. The van der Waals surface area contributed by atoms with Gasteiger partial charge in [0.05, 0.1) is 4.91 Å². The van der Waals surface area contributed by atoms with Crippen LogP contribution < -0.4 is 0 Å². The number of hydrogen-bond acceptors (Lipinski definition) is 4. The summed E-state index contributed by atoms with van der Waals surface area (Å²) in [5, 5.41) is 11.3. The molecule has 0 bridgehead atoms. The van der Waals surface area contributed by atoms with E-state index in [1.807, 2.05) is 6.08 Å². The highest BCUT2D eigenvalue weighted by Gasteiger charge is 2.31. The fourth-order valence-electron chi connectivity index (χ4n) is 3.82. The van der Waals surface area contributed by atoms with E-state index in [-0.39, 0.29) is 12.3 Å². The first-order valence-electron chi connectivity index (χ1n) is 9.05. The molecule has 0 radical (unpaired) electrons. The van der Waals surface area contributed by atoms with Crippen molar-refractivity contribution >= 4 is 57.0 Å². The van der Waals surface area contributed by atoms with Crippen LogP contribution >= 0.6 is 24.0 Å². The number of aryl methyl sites for hydroxylation is 2. The maximum absolute atomic E-state index is 12.7. The third-order valence-electron chi connectivity index (χ3n) is 5.07. The van der Waals surface area contributed by atoms with E-state index < -0.39 is 5.97 Å². The number of rotatable bonds is 5. The van der Waals surface area contributed by atoms with E-state index in [1.54, 1.807) is 0 Å². The maximum Gasteiger partial charge on any atom is 0.303 e. The number of benzene rings is 2. The Hall–Kier alpha value is -2.18. The second kappa shape index (κ2) is 7.44. The Morgan fingerprint density at radius 3 is 2.78 bits per heavy atom. The van der Waals surface area contributed by atoms with Gasteiger partial charge in [-0.25, -0.2) is 0 Å². The van der Waals surface area contributed by atoms with Gasteiger partial charge in [-0.3, -0.25) is 14.5 Å². The molecule has 1 aliphatic carbocycles. The molecule has 0 aromatic heterocycles. The van der Waals surface area contributed by atoms with Gasteiger partial charge in [0.2, 0.25) is 0 Å². The largest absolute Gasteiger partial charge is 0.481 e. The van der Waals surface area contributed by atoms with Crippen molar-refractivity contribution in [1.29, 1.82) is 0 Å². The van der Waals surface area contributed by atoms with E-state index in [4.69, 9.17) is 17.3 Å². The molecule has 0 unspecified atom stereocenters. The fraction of sp³-hybridized carbons (Fsp3) is 0.286. The van der Waals surface area contributed by atoms with E-state index in [9.17, 15) is 9.59 Å². The molecule has 0 saturated carbocycles. The van der Waals surface area contributed by atoms with E-state index in [2.05, 4.69) is 30.3 Å². The molecule has 4 rings (SSSR count). The van der Waals surface area contributed by atoms with Gasteiger partial charge in [0.25, 0.3) is 5.91 Å². The lowest BCUT2D eigenvalue weighted by molar-refractivity contribution is -0.137. The van der Waals surface area contributed by atoms with E-state index in [1.165, 1.54) is 45.0 Å². The summed E-state index contributed by atoms with van der Waals surface area (Å²) in [5.41, 5.74) is 3.79. The molecule has 1 aliphatic heterocycles. The van der Waals surface area contributed by atoms with Crippen molar-refractivity contribution in [1.82, 2.24) is 4.90 Å². The number of thioether (sulfide) groups is 1. The Bertz CT molecular complexity index is 986. The van der Waals surface area contributed by atoms with Gasteiger partial charge in [-0.05, 0) is 59.2 Å². The van der Waals surface area contributed by atoms with Gasteiger partial charge < -0.3 is 5.11 Å². The molecule has 27 heavy (non-hydrogen) atoms. The molecule has 2 aliphatic rings. The normalized spacial score (nSPS) is 17.9. The Labute approximate surface area is 167 Å². The molecule has 1 N–H and O–H groups in total. The van der Waals surface area contributed by atoms with Crippen LogP contribution in [0.25, 0.3) is 16.8 Å². The van der Waals surface area contributed by atoms with Crippen molar-refractivity contribution in [2.24, 2.45) is 0 Å². The SMILES string of the molecule is O=C(O)CCCN1C(=O)C(=Cc2ccc3c4c(cccc24)CCC3)SC1=S. The first-order valence-corrected chi connectivity index (χ1v) is 10.3. The molecule has 1 heterocycles. The molecule has 4 nitrogen and oxygen atoms in total. The Balaban J connectivity index is 1.65. The standard InChI is InChI=1S/C21H19NO3S2/c23-18(24)8-3-11-22-20(25)17(27-21(22)26)12-15-10-9-14-5-1-4-13-6-2-7-16(15)19(13)14/h2,6-7,9-10,12H,1,3-5,8,11H2,(H,23,24). The highest BCUT2D eigenvalue weighted by molar-refractivity contribution is 8.26. The van der Waals surface area contributed by atoms with Crippen LogP contribution in [0.3, 0.4) is 0 Å². The summed E-state index contributed by atoms with van der Waals surface area (Å²) in [6, 6.07) is 10.7. The zero-order valence-electron chi connectivity index (χ0n) is 14.7. The number of amides is 1. The topological polar surface area (TPSA) is 57.6 Å². The monoisotopic (exact) mass is 397 g/mol. The molecule has 1 saturated heterocycles. The molecule has 0 atom stereocenters. The van der Waals surface area contributed by atoms with Gasteiger partial charge in [0.1, 0.15) is 4.32 Å². The van der Waals surface area contributed by atoms with Crippen molar-refractivity contribution in [3.8, 4) is 0 Å². The summed E-state index contributed by atoms with van der Waals surface area (Å²) >= 11 is 6.63. The van der Waals surface area contributed by atoms with E-state index in [0.717, 1.165) is 18.4 Å². The first-order chi connectivity index (χ1) is 13.0. The molecule has 6 heteroatoms. The number of carboxylic acid groups (broad SMARTS) is 1. The molecule has 2 aromatic carbocycles. The van der Waals surface area contributed by atoms with Crippen LogP contribution in [0, 0.1) is 0 Å². The number of carbonyl (C=O) groups excluding carboxylic acids is 1. The minimum absolute atomic E-state index is 0.0327. The first kappa shape index (κ1) is 18.2. The Kier molecular flexibility index (Phi) is 5.02. The fourth-order valence-corrected chi connectivity index (χ4v) is 5.12. The number of nitrogens with zero attached hydrogens (tertiary/aromatic N) is 1. The summed E-state index contributed by atoms with van der Waals surface area (Å²) in [5.74, 6) is -0.990. The van der Waals surface area contributed by atoms with Crippen LogP contribution in [0.2, 0.25) is 0 Å². The molecule has 138 valence electrons. The van der Waals surface area contributed by atoms with Crippen molar-refractivity contribution < 1.29 is 14.7 Å². The van der Waals surface area contributed by atoms with Crippen LogP contribution in [0.1, 0.15) is 36.0 Å². The van der Waals surface area contributed by atoms with Crippen molar-refractivity contribution in [3.05, 3.63) is 51.9 Å². The number of aliphatic carboxylic acids is 1. The average molecular weight is 398 g/mol. The second-order valence-corrected chi connectivity index (χ2v) is 8.51. The minimum Gasteiger partial charge on any atom is -0.481 e. The minimum atomic E-state index is -0.861. The maximum atomic E-state index is 12.7. The molecule has 1 amide bonds. The predicted molar refractivity (Wildman–Crippen MR) is 113 cm³/mol. The van der Waals surface area contributed by atoms with Crippen LogP contribution in [0.4, 0.5) is 0 Å². The molecular weight excluding hydrogens is 378 g/mol. The van der Waals surface area contributed by atoms with E-state index in [0.29, 0.717) is 22.2 Å². The quantitative estimate of drug-likeness (QED) is 0.599. The Morgan fingerprint density at radius 2 is 2.00 bits per heavy atom. The van der Waals surface area contributed by atoms with Gasteiger partial charge in [0.15, 0.2) is 0 Å². The van der Waals surface area contributed by atoms with E-state index >= 15 is 0 Å². The Morgan fingerprint density at radius 1 is 1.22 bits per heavy atom. The zero-order chi connectivity index (χ0) is 19.0. The smallest absolute Gasteiger partial charge is 0.303 e. The summed E-state index contributed by atoms with van der Waals surface area (Å²) in [6.45, 7) is 0.345. The lowest BCUT2D eigenvalue weighted by Gasteiger charge is -2.18. The average Bonchev–Trinajstić information content (AvgIpc) is 2.91. The third-order valence-corrected chi connectivity index (χ3v) is 6.45. The summed E-state index contributed by atoms with van der Waals surface area (Å²) in [6.07, 6.45) is 5.73. The highest BCUT2D eigenvalue weighted by Crippen LogP contribution is 2.36. The summed E-state index contributed by atoms with van der Waals surface area (Å²) in [4.78, 5) is 25.6. The molecule has 0 spiro atoms. The van der Waals surface area contributed by atoms with Crippen LogP contribution in [-0.4, -0.2) is 32.7 Å². The number of thiocarbonyl (C=S) groups is 1. The highest BCUT2D eigenvalue weighted by atomic mass is 32.2. The van der Waals surface area contributed by atoms with Crippen LogP contribution in [-0.2, 0) is 22.4 Å². The second-order valence-electron chi connectivity index (χ2n) is 6.84. The van der Waals surface area contributed by atoms with Crippen molar-refractivity contribution in [2.45, 2.75) is 32.1 Å². The molecule has 2 aromatic rings. The van der Waals surface area contributed by atoms with Crippen LogP contribution in [0.15, 0.2) is 35.2 Å². The van der Waals surface area contributed by atoms with Gasteiger partial charge >= 0.3 is 5.97 Å². The van der Waals surface area contributed by atoms with Gasteiger partial charge in [0, 0.05) is 13.0 Å². The van der Waals surface area contributed by atoms with Gasteiger partial charge in [-0.15, -0.1) is 0 Å². The lowest BCUT2D eigenvalue weighted by atomic mass is 9.87. The van der Waals surface area contributed by atoms with Crippen LogP contribution in [0.5, 0.6) is 0 Å². The van der Waals surface area contributed by atoms with Crippen molar-refractivity contribution in [3.63, 3.8) is 0 Å². The van der Waals surface area contributed by atoms with Gasteiger partial charge in [-0.1, -0.05) is 54.3 Å². The van der Waals surface area contributed by atoms with Crippen molar-refractivity contribution in [2.75, 3.05) is 6.54 Å². The molecule has 1 fully saturated rings. The number of hydrogen-bond donors (Lipinski definition) is 1. The number of carboxylic acids is 1. The predicted octanol–water partition coefficient (Wildman–Crippen LogP) is 4.39. The third kappa shape index (κ3) is 3.51. The summed E-state index contributed by atoms with van der Waals surface area (Å²) < 4.78 is 0.499. The van der Waals surface area contributed by atoms with Gasteiger partial charge in [-0.2, -0.15) is 0 Å². The lowest BCUT2D eigenvalue weighted by Crippen LogP contribution is -2.29.